The van der Waals surface area contributed by atoms with E-state index in [1.165, 1.54) is 17.9 Å². The molecule has 4 saturated heterocycles. The number of aromatic hydroxyl groups is 1. The molecule has 1 spiro atoms. The van der Waals surface area contributed by atoms with Crippen LogP contribution in [0, 0.1) is 22.7 Å². The Labute approximate surface area is 423 Å². The van der Waals surface area contributed by atoms with Gasteiger partial charge in [0.05, 0.1) is 30.1 Å². The first kappa shape index (κ1) is 48.9. The number of rotatable bonds is 10. The van der Waals surface area contributed by atoms with E-state index in [0.717, 1.165) is 109 Å². The number of carbonyl (C=O) groups is 4. The van der Waals surface area contributed by atoms with Crippen LogP contribution in [0.2, 0.25) is 0 Å². The third-order valence-electron chi connectivity index (χ3n) is 17.4. The number of nitrogens with one attached hydrogen (secondary N) is 3. The fraction of sp³-hybridized carbons (Fsp3) is 0.596. The van der Waals surface area contributed by atoms with E-state index >= 15 is 9.59 Å². The van der Waals surface area contributed by atoms with Gasteiger partial charge in [-0.25, -0.2) is 5.43 Å². The van der Waals surface area contributed by atoms with Crippen LogP contribution in [-0.2, 0) is 48.0 Å². The van der Waals surface area contributed by atoms with Crippen molar-refractivity contribution in [2.45, 2.75) is 148 Å². The van der Waals surface area contributed by atoms with E-state index < -0.39 is 29.5 Å². The molecule has 384 valence electrons. The number of ether oxygens (including phenoxy) is 2. The van der Waals surface area contributed by atoms with Crippen molar-refractivity contribution in [1.29, 1.82) is 0 Å². The van der Waals surface area contributed by atoms with Gasteiger partial charge in [-0.2, -0.15) is 0 Å². The average molecular weight is 983 g/mol. The summed E-state index contributed by atoms with van der Waals surface area (Å²) < 4.78 is 14.4. The summed E-state index contributed by atoms with van der Waals surface area (Å²) in [6.45, 7) is 12.5. The van der Waals surface area contributed by atoms with Gasteiger partial charge in [0.1, 0.15) is 23.9 Å². The number of esters is 1. The molecule has 2 saturated carbocycles. The number of likely N-dealkylation sites (tertiary alicyclic amines) is 2. The highest BCUT2D eigenvalue weighted by atomic mass is 16.5. The molecule has 3 amide bonds. The fourth-order valence-corrected chi connectivity index (χ4v) is 13.4. The number of hydrazine groups is 1. The fourth-order valence-electron chi connectivity index (χ4n) is 13.4. The molecule has 7 heterocycles. The highest BCUT2D eigenvalue weighted by Crippen LogP contribution is 2.46. The number of phenols is 1. The number of benzene rings is 2. The standard InChI is InChI=1S/C57H74N8O7/c1-6-64-46-18-17-38-29-42(46)43(51(64)41-13-9-21-58-47(41)34(2)71-5)30-56(3,4)33-72-55(70)44-14-10-22-65(61-44)53(68)45(27-35-25-39(38)28-40(66)26-35)59-52(67)50(37-11-7-8-12-37)62-23-19-57(31-62)20-24-63(32-57)54(69)49-48(60-49)36-15-16-36/h9,13,17-18,21,25-26,28-29,34,36-37,44-45,48-50,60-61,66H,6-8,10-12,14-16,19-20,22-24,27,30-33H2,1-5H3,(H,59,67)/t34-,44-,45-,48?,49+,50?,57-/m0/s1. The number of aromatic nitrogens is 2. The van der Waals surface area contributed by atoms with Crippen molar-refractivity contribution >= 4 is 34.6 Å². The lowest BCUT2D eigenvalue weighted by molar-refractivity contribution is -0.155. The Kier molecular flexibility index (Phi) is 13.2. The molecule has 6 bridgehead atoms. The molecule has 4 aromatic rings. The number of nitrogens with zero attached hydrogens (tertiary/aromatic N) is 5. The third-order valence-corrected chi connectivity index (χ3v) is 17.4. The lowest BCUT2D eigenvalue weighted by Gasteiger charge is -2.37. The lowest BCUT2D eigenvalue weighted by Crippen LogP contribution is -2.62. The highest BCUT2D eigenvalue weighted by Gasteiger charge is 2.55. The number of fused-ring (bicyclic) bond motifs is 6. The summed E-state index contributed by atoms with van der Waals surface area (Å²) >= 11 is 0. The number of cyclic esters (lactones) is 1. The Morgan fingerprint density at radius 2 is 1.78 bits per heavy atom. The SMILES string of the molecule is CCn1c(-c2cccnc2[C@H](C)OC)c2c3cc(ccc31)-c1cc(O)cc(c1)C[C@H](NC(=O)C(C1CCCC1)N1CC[C@]3(CCN(C(=O)[C@@H]4NC4C4CC4)C3)C1)C(=O)N1CCC[C@H](N1)C(=O)OCC(C)(C)C2. The number of methoxy groups -OCH3 is 1. The van der Waals surface area contributed by atoms with E-state index in [0.29, 0.717) is 49.9 Å². The van der Waals surface area contributed by atoms with E-state index in [9.17, 15) is 14.7 Å². The molecule has 11 rings (SSSR count). The number of carbonyl (C=O) groups excluding carboxylic acids is 4. The summed E-state index contributed by atoms with van der Waals surface area (Å²) in [5, 5.41) is 20.8. The van der Waals surface area contributed by atoms with Gasteiger partial charge in [-0.05, 0) is 149 Å². The van der Waals surface area contributed by atoms with Gasteiger partial charge in [-0.3, -0.25) is 39.4 Å². The summed E-state index contributed by atoms with van der Waals surface area (Å²) in [5.74, 6) is 0.167. The molecule has 2 aromatic heterocycles. The number of hydrogen-bond donors (Lipinski definition) is 4. The Morgan fingerprint density at radius 3 is 2.56 bits per heavy atom. The van der Waals surface area contributed by atoms with Crippen LogP contribution < -0.4 is 16.1 Å². The Hall–Kier alpha value is -5.35. The smallest absolute Gasteiger partial charge is 0.324 e. The van der Waals surface area contributed by atoms with Crippen molar-refractivity contribution in [3.63, 3.8) is 0 Å². The number of pyridine rings is 1. The largest absolute Gasteiger partial charge is 0.508 e. The van der Waals surface area contributed by atoms with Crippen LogP contribution in [0.4, 0.5) is 0 Å². The first-order chi connectivity index (χ1) is 34.7. The summed E-state index contributed by atoms with van der Waals surface area (Å²) in [6, 6.07) is 14.1. The van der Waals surface area contributed by atoms with Gasteiger partial charge in [-0.15, -0.1) is 0 Å². The predicted molar refractivity (Wildman–Crippen MR) is 274 cm³/mol. The zero-order valence-electron chi connectivity index (χ0n) is 42.9. The van der Waals surface area contributed by atoms with E-state index in [-0.39, 0.29) is 60.0 Å². The summed E-state index contributed by atoms with van der Waals surface area (Å²) in [7, 11) is 1.69. The van der Waals surface area contributed by atoms with Crippen molar-refractivity contribution < 1.29 is 33.8 Å². The molecule has 4 N–H and O–H groups in total. The molecule has 15 heteroatoms. The third kappa shape index (κ3) is 9.55. The van der Waals surface area contributed by atoms with Gasteiger partial charge in [0.25, 0.3) is 5.91 Å². The van der Waals surface area contributed by atoms with E-state index in [2.05, 4.69) is 75.5 Å². The molecular weight excluding hydrogens is 909 g/mol. The second kappa shape index (κ2) is 19.5. The zero-order valence-corrected chi connectivity index (χ0v) is 42.9. The topological polar surface area (TPSA) is 181 Å². The quantitative estimate of drug-likeness (QED) is 0.0984. The van der Waals surface area contributed by atoms with Gasteiger partial charge in [0, 0.05) is 85.8 Å². The van der Waals surface area contributed by atoms with Crippen molar-refractivity contribution in [3.05, 3.63) is 71.5 Å². The number of amides is 3. The maximum Gasteiger partial charge on any atom is 0.324 e. The molecule has 2 aromatic carbocycles. The van der Waals surface area contributed by atoms with Gasteiger partial charge in [-0.1, -0.05) is 38.8 Å². The molecule has 72 heavy (non-hydrogen) atoms. The van der Waals surface area contributed by atoms with Crippen LogP contribution in [0.5, 0.6) is 5.75 Å². The van der Waals surface area contributed by atoms with Crippen LogP contribution in [0.25, 0.3) is 33.3 Å². The van der Waals surface area contributed by atoms with Gasteiger partial charge >= 0.3 is 5.97 Å². The summed E-state index contributed by atoms with van der Waals surface area (Å²) in [4.78, 5) is 67.2. The molecular formula is C57H74N8O7. The molecule has 7 aliphatic rings. The van der Waals surface area contributed by atoms with Gasteiger partial charge in [0.15, 0.2) is 0 Å². The summed E-state index contributed by atoms with van der Waals surface area (Å²) in [6.07, 6.45) is 11.6. The Bertz CT molecular complexity index is 2750. The van der Waals surface area contributed by atoms with E-state index in [4.69, 9.17) is 14.5 Å². The molecule has 15 nitrogen and oxygen atoms in total. The van der Waals surface area contributed by atoms with E-state index in [1.807, 2.05) is 19.1 Å². The van der Waals surface area contributed by atoms with Crippen LogP contribution in [-0.4, -0.2) is 130 Å². The minimum Gasteiger partial charge on any atom is -0.508 e. The van der Waals surface area contributed by atoms with Crippen molar-refractivity contribution in [2.24, 2.45) is 22.7 Å². The molecule has 0 radical (unpaired) electrons. The van der Waals surface area contributed by atoms with Crippen molar-refractivity contribution in [2.75, 3.05) is 46.4 Å². The number of aryl methyl sites for hydroxylation is 1. The minimum absolute atomic E-state index is 0.0388. The average Bonchev–Trinajstić information content (AvgIpc) is 4.19. The van der Waals surface area contributed by atoms with Gasteiger partial charge < -0.3 is 29.4 Å². The Balaban J connectivity index is 0.933. The number of hydrogen-bond acceptors (Lipinski definition) is 11. The predicted octanol–water partition coefficient (Wildman–Crippen LogP) is 6.69. The van der Waals surface area contributed by atoms with Crippen LogP contribution in [0.1, 0.15) is 115 Å². The van der Waals surface area contributed by atoms with Crippen molar-refractivity contribution in [3.8, 4) is 28.1 Å². The maximum atomic E-state index is 15.2. The second-order valence-corrected chi connectivity index (χ2v) is 23.3. The summed E-state index contributed by atoms with van der Waals surface area (Å²) in [5.41, 5.74) is 10.0. The van der Waals surface area contributed by atoms with Crippen LogP contribution >= 0.6 is 0 Å². The van der Waals surface area contributed by atoms with Crippen molar-refractivity contribution in [1.82, 2.24) is 40.4 Å². The highest BCUT2D eigenvalue weighted by molar-refractivity contribution is 5.96. The van der Waals surface area contributed by atoms with Crippen LogP contribution in [0.3, 0.4) is 0 Å². The molecule has 5 aliphatic heterocycles. The normalized spacial score (nSPS) is 27.8. The maximum absolute atomic E-state index is 15.2. The minimum atomic E-state index is -1.00. The molecule has 6 fully saturated rings. The molecule has 2 aliphatic carbocycles. The lowest BCUT2D eigenvalue weighted by atomic mass is 9.84. The molecule has 2 unspecified atom stereocenters. The first-order valence-electron chi connectivity index (χ1n) is 27.0. The second-order valence-electron chi connectivity index (χ2n) is 23.3. The Morgan fingerprint density at radius 1 is 0.972 bits per heavy atom. The number of phenolic OH excluding ortho intramolecular Hbond substituents is 1. The van der Waals surface area contributed by atoms with Gasteiger partial charge in [0.2, 0.25) is 11.8 Å². The monoisotopic (exact) mass is 983 g/mol. The zero-order chi connectivity index (χ0) is 50.1. The molecule has 7 atom stereocenters. The first-order valence-corrected chi connectivity index (χ1v) is 27.0. The van der Waals surface area contributed by atoms with E-state index in [1.54, 1.807) is 25.4 Å². The van der Waals surface area contributed by atoms with Crippen LogP contribution in [0.15, 0.2) is 54.7 Å².